The minimum atomic E-state index is -0.387. The third kappa shape index (κ3) is 2.70. The van der Waals surface area contributed by atoms with Gasteiger partial charge in [0.2, 0.25) is 5.88 Å². The maximum atomic E-state index is 12.6. The van der Waals surface area contributed by atoms with E-state index < -0.39 is 0 Å². The fraction of sp³-hybridized carbons (Fsp3) is 0.0833. The minimum absolute atomic E-state index is 0.355. The number of pyridine rings is 1. The predicted molar refractivity (Wildman–Crippen MR) is 60.3 cm³/mol. The molecule has 0 spiro atoms. The molecule has 1 aromatic heterocycles. The molecule has 0 amide bonds. The topological polar surface area (TPSA) is 22.1 Å². The Hall–Kier alpha value is -1.61. The quantitative estimate of drug-likeness (QED) is 0.759. The van der Waals surface area contributed by atoms with E-state index in [1.807, 2.05) is 18.2 Å². The van der Waals surface area contributed by atoms with E-state index in [1.165, 1.54) is 12.1 Å². The lowest BCUT2D eigenvalue weighted by Gasteiger charge is -2.05. The molecule has 1 heterocycles. The number of rotatable bonds is 3. The molecule has 0 fully saturated rings. The second-order valence-electron chi connectivity index (χ2n) is 3.20. The fourth-order valence-corrected chi connectivity index (χ4v) is 1.40. The summed E-state index contributed by atoms with van der Waals surface area (Å²) in [4.78, 5) is 3.80. The average Bonchev–Trinajstić information content (AvgIpc) is 2.32. The summed E-state index contributed by atoms with van der Waals surface area (Å²) < 4.78 is 18.0. The zero-order chi connectivity index (χ0) is 11.4. The van der Waals surface area contributed by atoms with E-state index in [-0.39, 0.29) is 5.82 Å². The van der Waals surface area contributed by atoms with Gasteiger partial charge in [-0.2, -0.15) is 0 Å². The number of alkyl halides is 1. The summed E-state index contributed by atoms with van der Waals surface area (Å²) in [5, 5.41) is 0. The number of nitrogens with zero attached hydrogens (tertiary/aromatic N) is 1. The summed E-state index contributed by atoms with van der Waals surface area (Å²) in [5.74, 6) is 1.03. The summed E-state index contributed by atoms with van der Waals surface area (Å²) in [5.41, 5.74) is 0.960. The molecule has 0 saturated carbocycles. The van der Waals surface area contributed by atoms with Crippen LogP contribution >= 0.6 is 11.6 Å². The fourth-order valence-electron chi connectivity index (χ4n) is 1.24. The van der Waals surface area contributed by atoms with Crippen LogP contribution in [-0.2, 0) is 5.88 Å². The molecule has 4 heteroatoms. The SMILES string of the molecule is Fc1ccc(Oc2cccc(CCl)c2)nc1. The van der Waals surface area contributed by atoms with Crippen molar-refractivity contribution >= 4 is 11.6 Å². The van der Waals surface area contributed by atoms with Gasteiger partial charge in [0.05, 0.1) is 6.20 Å². The highest BCUT2D eigenvalue weighted by Crippen LogP contribution is 2.20. The molecule has 82 valence electrons. The highest BCUT2D eigenvalue weighted by molar-refractivity contribution is 6.17. The second-order valence-corrected chi connectivity index (χ2v) is 3.47. The highest BCUT2D eigenvalue weighted by Gasteiger charge is 2.00. The maximum absolute atomic E-state index is 12.6. The van der Waals surface area contributed by atoms with Crippen LogP contribution in [-0.4, -0.2) is 4.98 Å². The molecule has 2 nitrogen and oxygen atoms in total. The van der Waals surface area contributed by atoms with Gasteiger partial charge in [0.25, 0.3) is 0 Å². The van der Waals surface area contributed by atoms with Crippen LogP contribution in [0.25, 0.3) is 0 Å². The average molecular weight is 238 g/mol. The first-order valence-electron chi connectivity index (χ1n) is 4.72. The summed E-state index contributed by atoms with van der Waals surface area (Å²) in [6.07, 6.45) is 1.11. The van der Waals surface area contributed by atoms with Gasteiger partial charge in [0, 0.05) is 11.9 Å². The third-order valence-electron chi connectivity index (χ3n) is 1.98. The van der Waals surface area contributed by atoms with E-state index in [9.17, 15) is 4.39 Å². The highest BCUT2D eigenvalue weighted by atomic mass is 35.5. The molecule has 0 aliphatic carbocycles. The molecule has 0 aliphatic heterocycles. The molecular formula is C12H9ClFNO. The Bertz CT molecular complexity index is 473. The molecule has 1 aromatic carbocycles. The van der Waals surface area contributed by atoms with Crippen molar-refractivity contribution in [3.63, 3.8) is 0 Å². The molecule has 2 aromatic rings. The largest absolute Gasteiger partial charge is 0.439 e. The molecule has 0 atom stereocenters. The lowest BCUT2D eigenvalue weighted by atomic mass is 10.2. The van der Waals surface area contributed by atoms with Crippen LogP contribution in [0.2, 0.25) is 0 Å². The van der Waals surface area contributed by atoms with Gasteiger partial charge < -0.3 is 4.74 Å². The Labute approximate surface area is 97.7 Å². The van der Waals surface area contributed by atoms with Gasteiger partial charge in [-0.15, -0.1) is 11.6 Å². The Morgan fingerprint density at radius 1 is 1.25 bits per heavy atom. The summed E-state index contributed by atoms with van der Waals surface area (Å²) in [6.45, 7) is 0. The van der Waals surface area contributed by atoms with Gasteiger partial charge >= 0.3 is 0 Å². The van der Waals surface area contributed by atoms with E-state index in [0.717, 1.165) is 11.8 Å². The van der Waals surface area contributed by atoms with Crippen molar-refractivity contribution in [1.82, 2.24) is 4.98 Å². The molecule has 16 heavy (non-hydrogen) atoms. The van der Waals surface area contributed by atoms with Crippen molar-refractivity contribution < 1.29 is 9.13 Å². The molecule has 2 rings (SSSR count). The van der Waals surface area contributed by atoms with Gasteiger partial charge in [-0.25, -0.2) is 9.37 Å². The molecular weight excluding hydrogens is 229 g/mol. The van der Waals surface area contributed by atoms with Crippen molar-refractivity contribution in [1.29, 1.82) is 0 Å². The van der Waals surface area contributed by atoms with Crippen molar-refractivity contribution in [2.24, 2.45) is 0 Å². The van der Waals surface area contributed by atoms with Gasteiger partial charge in [0.15, 0.2) is 0 Å². The third-order valence-corrected chi connectivity index (χ3v) is 2.28. The second kappa shape index (κ2) is 4.94. The maximum Gasteiger partial charge on any atom is 0.219 e. The van der Waals surface area contributed by atoms with Crippen molar-refractivity contribution in [3.8, 4) is 11.6 Å². The van der Waals surface area contributed by atoms with Crippen LogP contribution in [0.1, 0.15) is 5.56 Å². The van der Waals surface area contributed by atoms with Gasteiger partial charge in [-0.05, 0) is 23.8 Å². The monoisotopic (exact) mass is 237 g/mol. The van der Waals surface area contributed by atoms with Crippen LogP contribution in [0.3, 0.4) is 0 Å². The van der Waals surface area contributed by atoms with Crippen LogP contribution in [0.4, 0.5) is 4.39 Å². The number of benzene rings is 1. The zero-order valence-corrected chi connectivity index (χ0v) is 9.12. The van der Waals surface area contributed by atoms with Crippen LogP contribution in [0, 0.1) is 5.82 Å². The number of hydrogen-bond donors (Lipinski definition) is 0. The molecule has 0 saturated heterocycles. The Balaban J connectivity index is 2.16. The Morgan fingerprint density at radius 2 is 2.12 bits per heavy atom. The van der Waals surface area contributed by atoms with Gasteiger partial charge in [-0.3, -0.25) is 0 Å². The number of hydrogen-bond acceptors (Lipinski definition) is 2. The first kappa shape index (κ1) is 10.9. The van der Waals surface area contributed by atoms with E-state index in [4.69, 9.17) is 16.3 Å². The Kier molecular flexibility index (Phi) is 3.37. The lowest BCUT2D eigenvalue weighted by Crippen LogP contribution is -1.89. The summed E-state index contributed by atoms with van der Waals surface area (Å²) >= 11 is 5.70. The van der Waals surface area contributed by atoms with Crippen molar-refractivity contribution in [2.45, 2.75) is 5.88 Å². The van der Waals surface area contributed by atoms with E-state index in [2.05, 4.69) is 4.98 Å². The van der Waals surface area contributed by atoms with E-state index in [0.29, 0.717) is 17.5 Å². The van der Waals surface area contributed by atoms with Crippen LogP contribution < -0.4 is 4.74 Å². The number of aromatic nitrogens is 1. The standard InChI is InChI=1S/C12H9ClFNO/c13-7-9-2-1-3-11(6-9)16-12-5-4-10(14)8-15-12/h1-6,8H,7H2. The lowest BCUT2D eigenvalue weighted by molar-refractivity contribution is 0.459. The summed E-state index contributed by atoms with van der Waals surface area (Å²) in [7, 11) is 0. The van der Waals surface area contributed by atoms with Gasteiger partial charge in [0.1, 0.15) is 11.6 Å². The first-order chi connectivity index (χ1) is 7.78. The first-order valence-corrected chi connectivity index (χ1v) is 5.26. The van der Waals surface area contributed by atoms with Crippen LogP contribution in [0.5, 0.6) is 11.6 Å². The number of halogens is 2. The smallest absolute Gasteiger partial charge is 0.219 e. The normalized spacial score (nSPS) is 10.1. The molecule has 0 radical (unpaired) electrons. The molecule has 0 unspecified atom stereocenters. The van der Waals surface area contributed by atoms with Gasteiger partial charge in [-0.1, -0.05) is 12.1 Å². The zero-order valence-electron chi connectivity index (χ0n) is 8.36. The van der Waals surface area contributed by atoms with Crippen molar-refractivity contribution in [3.05, 3.63) is 54.0 Å². The van der Waals surface area contributed by atoms with Crippen LogP contribution in [0.15, 0.2) is 42.6 Å². The molecule has 0 N–H and O–H groups in total. The predicted octanol–water partition coefficient (Wildman–Crippen LogP) is 3.75. The minimum Gasteiger partial charge on any atom is -0.439 e. The summed E-state index contributed by atoms with van der Waals surface area (Å²) in [6, 6.07) is 10.1. The van der Waals surface area contributed by atoms with Crippen molar-refractivity contribution in [2.75, 3.05) is 0 Å². The molecule has 0 bridgehead atoms. The molecule has 0 aliphatic rings. The van der Waals surface area contributed by atoms with E-state index >= 15 is 0 Å². The van der Waals surface area contributed by atoms with E-state index in [1.54, 1.807) is 6.07 Å². The Morgan fingerprint density at radius 3 is 2.81 bits per heavy atom. The number of ether oxygens (including phenoxy) is 1.